The van der Waals surface area contributed by atoms with Crippen LogP contribution < -0.4 is 15.4 Å². The molecule has 1 aliphatic rings. The number of rotatable bonds is 5. The number of ether oxygens (including phenoxy) is 1. The van der Waals surface area contributed by atoms with Crippen LogP contribution in [0.15, 0.2) is 54.6 Å². The summed E-state index contributed by atoms with van der Waals surface area (Å²) in [7, 11) is 0. The minimum Gasteiger partial charge on any atom is -0.457 e. The van der Waals surface area contributed by atoms with Gasteiger partial charge in [-0.25, -0.2) is 0 Å². The first-order valence-electron chi connectivity index (χ1n) is 7.63. The van der Waals surface area contributed by atoms with Crippen LogP contribution in [0.1, 0.15) is 12.8 Å². The van der Waals surface area contributed by atoms with Crippen LogP contribution in [0.5, 0.6) is 11.5 Å². The smallest absolute Gasteiger partial charge is 0.224 e. The van der Waals surface area contributed by atoms with Crippen LogP contribution in [0.25, 0.3) is 0 Å². The first-order chi connectivity index (χ1) is 10.8. The summed E-state index contributed by atoms with van der Waals surface area (Å²) in [5.41, 5.74) is 0.802. The van der Waals surface area contributed by atoms with Crippen molar-refractivity contribution < 1.29 is 9.53 Å². The van der Waals surface area contributed by atoms with Gasteiger partial charge in [0.15, 0.2) is 0 Å². The van der Waals surface area contributed by atoms with Crippen LogP contribution in [-0.2, 0) is 4.79 Å². The number of hydrogen-bond acceptors (Lipinski definition) is 3. The molecule has 1 aliphatic heterocycles. The molecule has 2 aromatic carbocycles. The third-order valence-corrected chi connectivity index (χ3v) is 3.75. The highest BCUT2D eigenvalue weighted by molar-refractivity contribution is 5.90. The third-order valence-electron chi connectivity index (χ3n) is 3.75. The molecule has 4 heteroatoms. The molecule has 0 bridgehead atoms. The first kappa shape index (κ1) is 14.6. The van der Waals surface area contributed by atoms with Crippen molar-refractivity contribution in [1.82, 2.24) is 5.32 Å². The Morgan fingerprint density at radius 3 is 2.50 bits per heavy atom. The third kappa shape index (κ3) is 4.09. The van der Waals surface area contributed by atoms with E-state index < -0.39 is 0 Å². The van der Waals surface area contributed by atoms with Gasteiger partial charge in [-0.1, -0.05) is 18.2 Å². The highest BCUT2D eigenvalue weighted by atomic mass is 16.5. The largest absolute Gasteiger partial charge is 0.457 e. The number of para-hydroxylation sites is 1. The van der Waals surface area contributed by atoms with Crippen molar-refractivity contribution in [2.45, 2.75) is 12.8 Å². The maximum Gasteiger partial charge on any atom is 0.224 e. The molecular weight excluding hydrogens is 276 g/mol. The lowest BCUT2D eigenvalue weighted by atomic mass is 10.0. The SMILES string of the molecule is O=C(CC1CCNC1)Nc1ccc(Oc2ccccc2)cc1. The van der Waals surface area contributed by atoms with E-state index in [1.54, 1.807) is 0 Å². The van der Waals surface area contributed by atoms with E-state index in [1.165, 1.54) is 0 Å². The predicted octanol–water partition coefficient (Wildman–Crippen LogP) is 3.42. The second-order valence-electron chi connectivity index (χ2n) is 5.55. The Kier molecular flexibility index (Phi) is 4.71. The second-order valence-corrected chi connectivity index (χ2v) is 5.55. The maximum atomic E-state index is 12.0. The molecule has 3 rings (SSSR count). The molecule has 0 spiro atoms. The molecule has 0 saturated carbocycles. The number of anilines is 1. The zero-order valence-electron chi connectivity index (χ0n) is 12.4. The molecule has 0 radical (unpaired) electrons. The summed E-state index contributed by atoms with van der Waals surface area (Å²) in [4.78, 5) is 12.0. The number of carbonyl (C=O) groups is 1. The molecule has 22 heavy (non-hydrogen) atoms. The second kappa shape index (κ2) is 7.09. The van der Waals surface area contributed by atoms with Gasteiger partial charge in [-0.05, 0) is 61.8 Å². The molecule has 1 heterocycles. The molecule has 4 nitrogen and oxygen atoms in total. The van der Waals surface area contributed by atoms with Crippen molar-refractivity contribution >= 4 is 11.6 Å². The summed E-state index contributed by atoms with van der Waals surface area (Å²) in [6.45, 7) is 1.96. The fourth-order valence-corrected chi connectivity index (χ4v) is 2.59. The van der Waals surface area contributed by atoms with Crippen molar-refractivity contribution in [3.8, 4) is 11.5 Å². The fourth-order valence-electron chi connectivity index (χ4n) is 2.59. The predicted molar refractivity (Wildman–Crippen MR) is 87.2 cm³/mol. The number of benzene rings is 2. The Morgan fingerprint density at radius 2 is 1.82 bits per heavy atom. The van der Waals surface area contributed by atoms with E-state index in [4.69, 9.17) is 4.74 Å². The Morgan fingerprint density at radius 1 is 1.09 bits per heavy atom. The van der Waals surface area contributed by atoms with Crippen LogP contribution in [0.2, 0.25) is 0 Å². The molecule has 1 fully saturated rings. The van der Waals surface area contributed by atoms with Crippen molar-refractivity contribution in [3.63, 3.8) is 0 Å². The lowest BCUT2D eigenvalue weighted by Crippen LogP contribution is -2.18. The lowest BCUT2D eigenvalue weighted by molar-refractivity contribution is -0.116. The Hall–Kier alpha value is -2.33. The zero-order valence-corrected chi connectivity index (χ0v) is 12.4. The van der Waals surface area contributed by atoms with Gasteiger partial charge in [0.25, 0.3) is 0 Å². The van der Waals surface area contributed by atoms with Gasteiger partial charge >= 0.3 is 0 Å². The Labute approximate surface area is 130 Å². The van der Waals surface area contributed by atoms with E-state index in [2.05, 4.69) is 10.6 Å². The van der Waals surface area contributed by atoms with E-state index in [1.807, 2.05) is 54.6 Å². The van der Waals surface area contributed by atoms with Gasteiger partial charge in [0.05, 0.1) is 0 Å². The van der Waals surface area contributed by atoms with E-state index in [-0.39, 0.29) is 5.91 Å². The summed E-state index contributed by atoms with van der Waals surface area (Å²) in [5.74, 6) is 2.09. The summed E-state index contributed by atoms with van der Waals surface area (Å²) in [5, 5.41) is 6.21. The van der Waals surface area contributed by atoms with Crippen molar-refractivity contribution in [2.75, 3.05) is 18.4 Å². The number of nitrogens with one attached hydrogen (secondary N) is 2. The minimum atomic E-state index is 0.0745. The minimum absolute atomic E-state index is 0.0745. The van der Waals surface area contributed by atoms with E-state index in [0.29, 0.717) is 12.3 Å². The molecular formula is C18H20N2O2. The number of carbonyl (C=O) groups excluding carboxylic acids is 1. The normalized spacial score (nSPS) is 17.2. The van der Waals surface area contributed by atoms with Crippen molar-refractivity contribution in [3.05, 3.63) is 54.6 Å². The molecule has 1 atom stereocenters. The highest BCUT2D eigenvalue weighted by Gasteiger charge is 2.17. The Bertz CT molecular complexity index is 605. The van der Waals surface area contributed by atoms with Crippen molar-refractivity contribution in [1.29, 1.82) is 0 Å². The quantitative estimate of drug-likeness (QED) is 0.889. The van der Waals surface area contributed by atoms with Crippen LogP contribution >= 0.6 is 0 Å². The topological polar surface area (TPSA) is 50.4 Å². The highest BCUT2D eigenvalue weighted by Crippen LogP contribution is 2.23. The van der Waals surface area contributed by atoms with Crippen LogP contribution in [0.4, 0.5) is 5.69 Å². The Balaban J connectivity index is 1.53. The zero-order chi connectivity index (χ0) is 15.2. The van der Waals surface area contributed by atoms with Crippen LogP contribution in [0, 0.1) is 5.92 Å². The first-order valence-corrected chi connectivity index (χ1v) is 7.63. The van der Waals surface area contributed by atoms with Gasteiger partial charge < -0.3 is 15.4 Å². The van der Waals surface area contributed by atoms with Gasteiger partial charge in [0.1, 0.15) is 11.5 Å². The lowest BCUT2D eigenvalue weighted by Gasteiger charge is -2.10. The van der Waals surface area contributed by atoms with E-state index in [0.717, 1.165) is 36.7 Å². The molecule has 2 aromatic rings. The van der Waals surface area contributed by atoms with Gasteiger partial charge in [-0.2, -0.15) is 0 Å². The average Bonchev–Trinajstić information content (AvgIpc) is 3.03. The molecule has 2 N–H and O–H groups in total. The van der Waals surface area contributed by atoms with Gasteiger partial charge in [-0.3, -0.25) is 4.79 Å². The molecule has 0 aromatic heterocycles. The van der Waals surface area contributed by atoms with Crippen molar-refractivity contribution in [2.24, 2.45) is 5.92 Å². The fraction of sp³-hybridized carbons (Fsp3) is 0.278. The molecule has 0 aliphatic carbocycles. The number of hydrogen-bond donors (Lipinski definition) is 2. The summed E-state index contributed by atoms with van der Waals surface area (Å²) < 4.78 is 5.72. The average molecular weight is 296 g/mol. The number of amides is 1. The van der Waals surface area contributed by atoms with Gasteiger partial charge in [0.2, 0.25) is 5.91 Å². The van der Waals surface area contributed by atoms with Crippen LogP contribution in [0.3, 0.4) is 0 Å². The maximum absolute atomic E-state index is 12.0. The summed E-state index contributed by atoms with van der Waals surface area (Å²) >= 11 is 0. The van der Waals surface area contributed by atoms with E-state index in [9.17, 15) is 4.79 Å². The van der Waals surface area contributed by atoms with Gasteiger partial charge in [0, 0.05) is 12.1 Å². The molecule has 114 valence electrons. The molecule has 1 unspecified atom stereocenters. The molecule has 1 amide bonds. The van der Waals surface area contributed by atoms with Crippen LogP contribution in [-0.4, -0.2) is 19.0 Å². The summed E-state index contributed by atoms with van der Waals surface area (Å²) in [6.07, 6.45) is 1.66. The summed E-state index contributed by atoms with van der Waals surface area (Å²) in [6, 6.07) is 17.1. The molecule has 1 saturated heterocycles. The van der Waals surface area contributed by atoms with Gasteiger partial charge in [-0.15, -0.1) is 0 Å². The van der Waals surface area contributed by atoms with E-state index >= 15 is 0 Å². The standard InChI is InChI=1S/C18H20N2O2/c21-18(12-14-10-11-19-13-14)20-15-6-8-17(9-7-15)22-16-4-2-1-3-5-16/h1-9,14,19H,10-13H2,(H,20,21). The monoisotopic (exact) mass is 296 g/mol.